The molecule has 1 saturated heterocycles. The summed E-state index contributed by atoms with van der Waals surface area (Å²) in [6.07, 6.45) is 3.55. The molecule has 7 heteroatoms. The third kappa shape index (κ3) is 3.17. The number of hydrogen-bond donors (Lipinski definition) is 1. The second-order valence-corrected chi connectivity index (χ2v) is 7.30. The number of aromatic nitrogens is 1. The van der Waals surface area contributed by atoms with Gasteiger partial charge in [0.1, 0.15) is 4.90 Å². The first-order valence-corrected chi connectivity index (χ1v) is 8.20. The van der Waals surface area contributed by atoms with E-state index in [1.807, 2.05) is 7.05 Å². The molecule has 1 fully saturated rings. The van der Waals surface area contributed by atoms with Crippen LogP contribution in [0.5, 0.6) is 0 Å². The summed E-state index contributed by atoms with van der Waals surface area (Å²) in [5, 5.41) is 0. The summed E-state index contributed by atoms with van der Waals surface area (Å²) in [5.74, 6) is 0. The van der Waals surface area contributed by atoms with Crippen LogP contribution in [0.1, 0.15) is 18.5 Å². The van der Waals surface area contributed by atoms with Gasteiger partial charge in [0, 0.05) is 32.4 Å². The van der Waals surface area contributed by atoms with E-state index >= 15 is 0 Å². The van der Waals surface area contributed by atoms with Crippen LogP contribution in [0.2, 0.25) is 0 Å². The average molecular weight is 298 g/mol. The van der Waals surface area contributed by atoms with Crippen LogP contribution < -0.4 is 5.73 Å². The van der Waals surface area contributed by atoms with Crippen molar-refractivity contribution in [3.8, 4) is 0 Å². The Balaban J connectivity index is 2.11. The molecule has 1 atom stereocenters. The van der Waals surface area contributed by atoms with Crippen molar-refractivity contribution in [2.24, 2.45) is 5.73 Å². The lowest BCUT2D eigenvalue weighted by Crippen LogP contribution is -2.39. The van der Waals surface area contributed by atoms with E-state index in [1.54, 1.807) is 19.2 Å². The zero-order chi connectivity index (χ0) is 14.8. The van der Waals surface area contributed by atoms with Gasteiger partial charge in [-0.2, -0.15) is 4.31 Å². The van der Waals surface area contributed by atoms with Crippen LogP contribution in [-0.2, 0) is 16.6 Å². The number of likely N-dealkylation sites (N-methyl/N-ethyl adjacent to an activating group) is 2. The number of sulfonamides is 1. The van der Waals surface area contributed by atoms with Gasteiger partial charge in [0.25, 0.3) is 0 Å². The first kappa shape index (κ1) is 15.4. The van der Waals surface area contributed by atoms with Crippen LogP contribution in [0.3, 0.4) is 0 Å². The summed E-state index contributed by atoms with van der Waals surface area (Å²) in [7, 11) is 0.189. The minimum atomic E-state index is -3.47. The van der Waals surface area contributed by atoms with Crippen molar-refractivity contribution in [2.75, 3.05) is 27.2 Å². The van der Waals surface area contributed by atoms with E-state index < -0.39 is 10.0 Å². The molecule has 2 heterocycles. The zero-order valence-corrected chi connectivity index (χ0v) is 12.8. The molecule has 0 bridgehead atoms. The van der Waals surface area contributed by atoms with E-state index in [1.165, 1.54) is 10.5 Å². The fourth-order valence-corrected chi connectivity index (χ4v) is 3.62. The lowest BCUT2D eigenvalue weighted by molar-refractivity contribution is 0.271. The van der Waals surface area contributed by atoms with Gasteiger partial charge in [0.15, 0.2) is 0 Å². The molecule has 6 nitrogen and oxygen atoms in total. The highest BCUT2D eigenvalue weighted by Crippen LogP contribution is 2.19. The van der Waals surface area contributed by atoms with Gasteiger partial charge in [-0.05, 0) is 38.6 Å². The number of nitrogens with two attached hydrogens (primary N) is 1. The molecular formula is C13H22N4O2S. The Morgan fingerprint density at radius 1 is 1.50 bits per heavy atom. The van der Waals surface area contributed by atoms with Crippen molar-refractivity contribution >= 4 is 10.0 Å². The predicted octanol–water partition coefficient (Wildman–Crippen LogP) is 0.255. The molecule has 1 aliphatic rings. The molecule has 0 amide bonds. The SMILES string of the molecule is CN1CCCC1CN(C)S(=O)(=O)c1ccc(CN)nc1. The highest BCUT2D eigenvalue weighted by Gasteiger charge is 2.28. The minimum absolute atomic E-state index is 0.220. The number of nitrogens with zero attached hydrogens (tertiary/aromatic N) is 3. The van der Waals surface area contributed by atoms with E-state index in [2.05, 4.69) is 9.88 Å². The lowest BCUT2D eigenvalue weighted by atomic mass is 10.2. The molecule has 1 unspecified atom stereocenters. The quantitative estimate of drug-likeness (QED) is 0.843. The van der Waals surface area contributed by atoms with Crippen molar-refractivity contribution in [1.82, 2.24) is 14.2 Å². The minimum Gasteiger partial charge on any atom is -0.325 e. The molecule has 2 N–H and O–H groups in total. The monoisotopic (exact) mass is 298 g/mol. The Morgan fingerprint density at radius 2 is 2.25 bits per heavy atom. The van der Waals surface area contributed by atoms with E-state index in [0.717, 1.165) is 19.4 Å². The Labute approximate surface area is 120 Å². The summed E-state index contributed by atoms with van der Waals surface area (Å²) in [6.45, 7) is 1.85. The summed E-state index contributed by atoms with van der Waals surface area (Å²) < 4.78 is 26.3. The van der Waals surface area contributed by atoms with Gasteiger partial charge in [0.2, 0.25) is 10.0 Å². The second kappa shape index (κ2) is 6.17. The maximum absolute atomic E-state index is 12.5. The Morgan fingerprint density at radius 3 is 2.75 bits per heavy atom. The van der Waals surface area contributed by atoms with Gasteiger partial charge in [-0.3, -0.25) is 4.98 Å². The van der Waals surface area contributed by atoms with Gasteiger partial charge in [-0.15, -0.1) is 0 Å². The molecule has 112 valence electrons. The Hall–Kier alpha value is -1.02. The Kier molecular flexibility index (Phi) is 4.74. The number of likely N-dealkylation sites (tertiary alicyclic amines) is 1. The van der Waals surface area contributed by atoms with Gasteiger partial charge < -0.3 is 10.6 Å². The molecule has 0 spiro atoms. The molecule has 0 radical (unpaired) electrons. The smallest absolute Gasteiger partial charge is 0.244 e. The molecule has 0 saturated carbocycles. The standard InChI is InChI=1S/C13H22N4O2S/c1-16-7-3-4-12(16)10-17(2)20(18,19)13-6-5-11(8-14)15-9-13/h5-6,9,12H,3-4,7-8,10,14H2,1-2H3. The van der Waals surface area contributed by atoms with Crippen LogP contribution in [0.4, 0.5) is 0 Å². The van der Waals surface area contributed by atoms with Crippen LogP contribution in [0, 0.1) is 0 Å². The molecule has 1 aliphatic heterocycles. The van der Waals surface area contributed by atoms with Gasteiger partial charge in [-0.1, -0.05) is 0 Å². The van der Waals surface area contributed by atoms with Gasteiger partial charge >= 0.3 is 0 Å². The fraction of sp³-hybridized carbons (Fsp3) is 0.615. The number of hydrogen-bond acceptors (Lipinski definition) is 5. The largest absolute Gasteiger partial charge is 0.325 e. The van der Waals surface area contributed by atoms with Crippen LogP contribution in [0.15, 0.2) is 23.2 Å². The van der Waals surface area contributed by atoms with Crippen LogP contribution in [-0.4, -0.2) is 55.8 Å². The summed E-state index contributed by atoms with van der Waals surface area (Å²) in [6, 6.07) is 3.52. The molecular weight excluding hydrogens is 276 g/mol. The van der Waals surface area contributed by atoms with Crippen molar-refractivity contribution in [3.05, 3.63) is 24.0 Å². The van der Waals surface area contributed by atoms with E-state index in [4.69, 9.17) is 5.73 Å². The Bertz CT molecular complexity index is 544. The van der Waals surface area contributed by atoms with Crippen LogP contribution >= 0.6 is 0 Å². The molecule has 20 heavy (non-hydrogen) atoms. The number of pyridine rings is 1. The fourth-order valence-electron chi connectivity index (χ4n) is 2.47. The van der Waals surface area contributed by atoms with Crippen molar-refractivity contribution in [1.29, 1.82) is 0 Å². The molecule has 1 aromatic heterocycles. The van der Waals surface area contributed by atoms with Crippen molar-refractivity contribution in [2.45, 2.75) is 30.3 Å². The normalized spacial score (nSPS) is 20.7. The highest BCUT2D eigenvalue weighted by molar-refractivity contribution is 7.89. The molecule has 1 aromatic rings. The van der Waals surface area contributed by atoms with Gasteiger partial charge in [-0.25, -0.2) is 8.42 Å². The zero-order valence-electron chi connectivity index (χ0n) is 12.0. The summed E-state index contributed by atoms with van der Waals surface area (Å²) in [5.41, 5.74) is 6.15. The average Bonchev–Trinajstić information content (AvgIpc) is 2.84. The first-order chi connectivity index (χ1) is 9.45. The second-order valence-electron chi connectivity index (χ2n) is 5.25. The third-order valence-electron chi connectivity index (χ3n) is 3.85. The maximum Gasteiger partial charge on any atom is 0.244 e. The first-order valence-electron chi connectivity index (χ1n) is 6.76. The van der Waals surface area contributed by atoms with E-state index in [9.17, 15) is 8.42 Å². The topological polar surface area (TPSA) is 79.5 Å². The summed E-state index contributed by atoms with van der Waals surface area (Å²) in [4.78, 5) is 6.48. The van der Waals surface area contributed by atoms with Crippen molar-refractivity contribution in [3.63, 3.8) is 0 Å². The number of rotatable bonds is 5. The maximum atomic E-state index is 12.5. The van der Waals surface area contributed by atoms with E-state index in [0.29, 0.717) is 24.8 Å². The predicted molar refractivity (Wildman–Crippen MR) is 77.6 cm³/mol. The van der Waals surface area contributed by atoms with Crippen molar-refractivity contribution < 1.29 is 8.42 Å². The molecule has 2 rings (SSSR count). The molecule has 0 aromatic carbocycles. The molecule has 0 aliphatic carbocycles. The van der Waals surface area contributed by atoms with Crippen LogP contribution in [0.25, 0.3) is 0 Å². The highest BCUT2D eigenvalue weighted by atomic mass is 32.2. The lowest BCUT2D eigenvalue weighted by Gasteiger charge is -2.25. The third-order valence-corrected chi connectivity index (χ3v) is 5.66. The van der Waals surface area contributed by atoms with Gasteiger partial charge in [0.05, 0.1) is 5.69 Å². The van der Waals surface area contributed by atoms with E-state index in [-0.39, 0.29) is 4.90 Å². The summed E-state index contributed by atoms with van der Waals surface area (Å²) >= 11 is 0.